The van der Waals surface area contributed by atoms with E-state index in [1.165, 1.54) is 16.7 Å². The molecular weight excluding hydrogens is 604 g/mol. The van der Waals surface area contributed by atoms with E-state index in [0.29, 0.717) is 22.7 Å². The Balaban J connectivity index is 1.68. The largest absolute Gasteiger partial charge is 0.466 e. The van der Waals surface area contributed by atoms with Crippen molar-refractivity contribution < 1.29 is 24.2 Å². The number of esters is 1. The van der Waals surface area contributed by atoms with Gasteiger partial charge in [0.15, 0.2) is 0 Å². The molecule has 0 saturated carbocycles. The Bertz CT molecular complexity index is 1280. The minimum atomic E-state index is -0.960. The molecule has 3 saturated heterocycles. The topological polar surface area (TPSA) is 87.2 Å². The fourth-order valence-corrected chi connectivity index (χ4v) is 10.3. The van der Waals surface area contributed by atoms with E-state index in [-0.39, 0.29) is 41.6 Å². The summed E-state index contributed by atoms with van der Waals surface area (Å²) < 4.78 is 4.54. The van der Waals surface area contributed by atoms with Gasteiger partial charge < -0.3 is 19.6 Å². The van der Waals surface area contributed by atoms with E-state index in [1.807, 2.05) is 30.3 Å². The number of amides is 2. The molecule has 0 aliphatic carbocycles. The first-order chi connectivity index (χ1) is 18.8. The number of benzene rings is 2. The highest BCUT2D eigenvalue weighted by atomic mass is 79.9. The second-order valence-corrected chi connectivity index (χ2v) is 13.1. The lowest BCUT2D eigenvalue weighted by Crippen LogP contribution is -2.56. The van der Waals surface area contributed by atoms with E-state index in [4.69, 9.17) is 16.3 Å². The molecule has 0 aromatic heterocycles. The predicted molar refractivity (Wildman–Crippen MR) is 156 cm³/mol. The quantitative estimate of drug-likeness (QED) is 0.247. The van der Waals surface area contributed by atoms with E-state index in [9.17, 15) is 19.5 Å². The summed E-state index contributed by atoms with van der Waals surface area (Å²) in [5.41, 5.74) is 1.21. The molecule has 2 aromatic rings. The summed E-state index contributed by atoms with van der Waals surface area (Å²) in [6.07, 6.45) is 2.13. The monoisotopic (exact) mass is 632 g/mol. The van der Waals surface area contributed by atoms with Crippen LogP contribution in [0.25, 0.3) is 0 Å². The first-order valence-corrected chi connectivity index (χ1v) is 15.1. The average Bonchev–Trinajstić information content (AvgIpc) is 3.52. The van der Waals surface area contributed by atoms with Gasteiger partial charge in [-0.1, -0.05) is 76.1 Å². The van der Waals surface area contributed by atoms with Crippen LogP contribution < -0.4 is 4.90 Å². The highest BCUT2D eigenvalue weighted by Gasteiger charge is 2.76. The second-order valence-electron chi connectivity index (χ2n) is 9.96. The van der Waals surface area contributed by atoms with Gasteiger partial charge in [-0.2, -0.15) is 0 Å². The van der Waals surface area contributed by atoms with E-state index in [0.717, 1.165) is 0 Å². The molecule has 2 aromatic carbocycles. The van der Waals surface area contributed by atoms with E-state index in [2.05, 4.69) is 22.5 Å². The molecular formula is C29H30BrClN2O5S. The number of hydrogen-bond donors (Lipinski definition) is 1. The molecule has 39 heavy (non-hydrogen) atoms. The third-order valence-corrected chi connectivity index (χ3v) is 11.5. The van der Waals surface area contributed by atoms with Crippen molar-refractivity contribution in [3.63, 3.8) is 0 Å². The van der Waals surface area contributed by atoms with E-state index < -0.39 is 34.6 Å². The van der Waals surface area contributed by atoms with Crippen LogP contribution in [0, 0.1) is 11.8 Å². The lowest BCUT2D eigenvalue weighted by atomic mass is 9.71. The van der Waals surface area contributed by atoms with Crippen molar-refractivity contribution in [2.45, 2.75) is 40.3 Å². The first kappa shape index (κ1) is 28.2. The molecule has 0 radical (unpaired) electrons. The molecule has 7 atom stereocenters. The van der Waals surface area contributed by atoms with Crippen molar-refractivity contribution in [1.82, 2.24) is 4.90 Å². The average molecular weight is 634 g/mol. The molecule has 206 valence electrons. The number of fused-ring (bicyclic) bond motifs is 1. The maximum atomic E-state index is 14.7. The summed E-state index contributed by atoms with van der Waals surface area (Å²) in [6.45, 7) is 5.57. The molecule has 1 spiro atoms. The van der Waals surface area contributed by atoms with Gasteiger partial charge in [0.05, 0.1) is 46.5 Å². The van der Waals surface area contributed by atoms with Crippen LogP contribution in [-0.4, -0.2) is 68.4 Å². The van der Waals surface area contributed by atoms with Crippen LogP contribution in [0.2, 0.25) is 5.02 Å². The first-order valence-electron chi connectivity index (χ1n) is 12.9. The van der Waals surface area contributed by atoms with Crippen LogP contribution in [0.4, 0.5) is 5.69 Å². The smallest absolute Gasteiger partial charge is 0.310 e. The fraction of sp³-hybridized carbons (Fsp3) is 0.414. The molecule has 7 nitrogen and oxygen atoms in total. The molecule has 10 heteroatoms. The summed E-state index contributed by atoms with van der Waals surface area (Å²) in [5, 5.41) is 10.8. The SMILES string of the molecule is C=CCN(C(=O)C1N([C@H](CO)c2ccccc2)C(=O)[C@@H]2[C@H](C(=O)OCC)[C@H]3SC12CC3Br)c1ccccc1Cl. The lowest BCUT2D eigenvalue weighted by Gasteiger charge is -2.40. The van der Waals surface area contributed by atoms with Gasteiger partial charge in [-0.05, 0) is 31.0 Å². The van der Waals surface area contributed by atoms with Crippen LogP contribution in [0.3, 0.4) is 0 Å². The minimum absolute atomic E-state index is 0.0892. The Labute approximate surface area is 245 Å². The molecule has 3 fully saturated rings. The lowest BCUT2D eigenvalue weighted by molar-refractivity contribution is -0.154. The predicted octanol–water partition coefficient (Wildman–Crippen LogP) is 4.62. The number of carbonyl (C=O) groups is 3. The number of carbonyl (C=O) groups excluding carboxylic acids is 3. The summed E-state index contributed by atoms with van der Waals surface area (Å²) in [7, 11) is 0. The molecule has 2 bridgehead atoms. The van der Waals surface area contributed by atoms with Crippen molar-refractivity contribution in [2.75, 3.05) is 24.7 Å². The van der Waals surface area contributed by atoms with Crippen molar-refractivity contribution in [3.05, 3.63) is 77.8 Å². The third-order valence-electron chi connectivity index (χ3n) is 7.93. The van der Waals surface area contributed by atoms with Crippen molar-refractivity contribution in [3.8, 4) is 0 Å². The highest BCUT2D eigenvalue weighted by Crippen LogP contribution is 2.68. The van der Waals surface area contributed by atoms with Gasteiger partial charge in [-0.25, -0.2) is 0 Å². The fourth-order valence-electron chi connectivity index (χ4n) is 6.47. The number of thioether (sulfide) groups is 1. The number of halogens is 2. The number of aliphatic hydroxyl groups is 1. The molecule has 1 N–H and O–H groups in total. The number of rotatable bonds is 9. The molecule has 3 aliphatic heterocycles. The molecule has 3 unspecified atom stereocenters. The maximum absolute atomic E-state index is 14.7. The second kappa shape index (κ2) is 11.3. The summed E-state index contributed by atoms with van der Waals surface area (Å²) in [5.74, 6) is -2.54. The molecule has 3 heterocycles. The summed E-state index contributed by atoms with van der Waals surface area (Å²) in [4.78, 5) is 45.4. The Morgan fingerprint density at radius 2 is 1.97 bits per heavy atom. The van der Waals surface area contributed by atoms with Crippen molar-refractivity contribution in [1.29, 1.82) is 0 Å². The Kier molecular flexibility index (Phi) is 8.15. The standard InChI is InChI=1S/C29H30BrClN2O5S/c1-3-14-32(20-13-9-8-12-19(20)31)27(36)25-29-15-18(30)24(39-29)22(28(37)38-4-2)23(29)26(35)33(25)21(16-34)17-10-6-5-7-11-17/h3,5-13,18,21-25,34H,1,4,14-16H2,2H3/t18?,21-,22+,23+,24+,25?,29?/m1/s1. The van der Waals surface area contributed by atoms with Gasteiger partial charge in [0.2, 0.25) is 5.91 Å². The highest BCUT2D eigenvalue weighted by molar-refractivity contribution is 9.09. The number of likely N-dealkylation sites (tertiary alicyclic amines) is 1. The van der Waals surface area contributed by atoms with Gasteiger partial charge >= 0.3 is 5.97 Å². The van der Waals surface area contributed by atoms with Gasteiger partial charge in [0.1, 0.15) is 6.04 Å². The summed E-state index contributed by atoms with van der Waals surface area (Å²) in [6, 6.07) is 14.5. The Hall–Kier alpha value is -2.33. The van der Waals surface area contributed by atoms with Gasteiger partial charge in [0, 0.05) is 16.6 Å². The molecule has 2 amide bonds. The minimum Gasteiger partial charge on any atom is -0.466 e. The Morgan fingerprint density at radius 1 is 1.28 bits per heavy atom. The molecule has 5 rings (SSSR count). The number of aliphatic hydroxyl groups excluding tert-OH is 1. The number of ether oxygens (including phenoxy) is 1. The zero-order valence-electron chi connectivity index (χ0n) is 21.4. The summed E-state index contributed by atoms with van der Waals surface area (Å²) >= 11 is 11.8. The molecule has 3 aliphatic rings. The van der Waals surface area contributed by atoms with Gasteiger partial charge in [-0.15, -0.1) is 18.3 Å². The zero-order valence-corrected chi connectivity index (χ0v) is 24.6. The van der Waals surface area contributed by atoms with Crippen molar-refractivity contribution in [2.24, 2.45) is 11.8 Å². The van der Waals surface area contributed by atoms with Crippen molar-refractivity contribution >= 4 is 62.8 Å². The number of nitrogens with zero attached hydrogens (tertiary/aromatic N) is 2. The maximum Gasteiger partial charge on any atom is 0.310 e. The number of alkyl halides is 1. The van der Waals surface area contributed by atoms with Gasteiger partial charge in [0.25, 0.3) is 5.91 Å². The number of para-hydroxylation sites is 1. The zero-order chi connectivity index (χ0) is 27.9. The van der Waals surface area contributed by atoms with E-state index >= 15 is 0 Å². The third kappa shape index (κ3) is 4.51. The van der Waals surface area contributed by atoms with Crippen LogP contribution in [0.1, 0.15) is 24.9 Å². The van der Waals surface area contributed by atoms with E-state index in [1.54, 1.807) is 42.2 Å². The normalized spacial score (nSPS) is 29.7. The number of anilines is 1. The van der Waals surface area contributed by atoms with Crippen LogP contribution in [0.15, 0.2) is 67.3 Å². The Morgan fingerprint density at radius 3 is 2.62 bits per heavy atom. The van der Waals surface area contributed by atoms with Crippen LogP contribution >= 0.6 is 39.3 Å². The van der Waals surface area contributed by atoms with Gasteiger partial charge in [-0.3, -0.25) is 14.4 Å². The number of hydrogen-bond acceptors (Lipinski definition) is 6. The van der Waals surface area contributed by atoms with Crippen LogP contribution in [0.5, 0.6) is 0 Å². The van der Waals surface area contributed by atoms with Crippen LogP contribution in [-0.2, 0) is 19.1 Å².